The van der Waals surface area contributed by atoms with Gasteiger partial charge in [-0.05, 0) is 37.0 Å². The third-order valence-corrected chi connectivity index (χ3v) is 4.92. The van der Waals surface area contributed by atoms with Gasteiger partial charge in [0.2, 0.25) is 0 Å². The number of fused-ring (bicyclic) bond motifs is 7. The van der Waals surface area contributed by atoms with Gasteiger partial charge in [-0.2, -0.15) is 0 Å². The molecule has 0 aromatic carbocycles. The quantitative estimate of drug-likeness (QED) is 0.485. The molecule has 0 aromatic heterocycles. The van der Waals surface area contributed by atoms with Crippen molar-refractivity contribution < 1.29 is 14.3 Å². The summed E-state index contributed by atoms with van der Waals surface area (Å²) in [6.45, 7) is 0.626. The molecule has 3 aliphatic carbocycles. The maximum atomic E-state index is 10.4. The summed E-state index contributed by atoms with van der Waals surface area (Å²) >= 11 is 0. The SMILES string of the molecule is O=COC1CC2CC1C1C2CC2OC21. The fourth-order valence-corrected chi connectivity index (χ4v) is 4.47. The van der Waals surface area contributed by atoms with E-state index < -0.39 is 0 Å². The van der Waals surface area contributed by atoms with Crippen LogP contribution in [-0.4, -0.2) is 24.8 Å². The van der Waals surface area contributed by atoms with Gasteiger partial charge >= 0.3 is 0 Å². The van der Waals surface area contributed by atoms with Gasteiger partial charge in [-0.25, -0.2) is 0 Å². The zero-order valence-corrected chi connectivity index (χ0v) is 7.96. The van der Waals surface area contributed by atoms with Gasteiger partial charge in [-0.1, -0.05) is 0 Å². The summed E-state index contributed by atoms with van der Waals surface area (Å²) in [4.78, 5) is 10.4. The summed E-state index contributed by atoms with van der Waals surface area (Å²) < 4.78 is 10.8. The van der Waals surface area contributed by atoms with Gasteiger partial charge in [0.15, 0.2) is 0 Å². The molecule has 0 aromatic rings. The molecule has 0 N–H and O–H groups in total. The van der Waals surface area contributed by atoms with Crippen LogP contribution in [0.2, 0.25) is 0 Å². The molecule has 14 heavy (non-hydrogen) atoms. The highest BCUT2D eigenvalue weighted by Crippen LogP contribution is 2.64. The highest BCUT2D eigenvalue weighted by atomic mass is 16.6. The molecule has 1 aliphatic heterocycles. The van der Waals surface area contributed by atoms with Crippen molar-refractivity contribution in [2.75, 3.05) is 0 Å². The molecule has 3 saturated carbocycles. The molecule has 3 nitrogen and oxygen atoms in total. The van der Waals surface area contributed by atoms with Crippen LogP contribution < -0.4 is 0 Å². The predicted molar refractivity (Wildman–Crippen MR) is 47.4 cm³/mol. The second kappa shape index (κ2) is 2.32. The molecule has 2 bridgehead atoms. The summed E-state index contributed by atoms with van der Waals surface area (Å²) in [5.74, 6) is 3.07. The zero-order valence-electron chi connectivity index (χ0n) is 7.96. The first-order valence-corrected chi connectivity index (χ1v) is 5.63. The zero-order chi connectivity index (χ0) is 9.28. The second-order valence-corrected chi connectivity index (χ2v) is 5.28. The number of rotatable bonds is 2. The van der Waals surface area contributed by atoms with Crippen LogP contribution in [0.4, 0.5) is 0 Å². The van der Waals surface area contributed by atoms with E-state index in [1.807, 2.05) is 0 Å². The van der Waals surface area contributed by atoms with Crippen LogP contribution in [-0.2, 0) is 14.3 Å². The van der Waals surface area contributed by atoms with E-state index in [1.54, 1.807) is 0 Å². The summed E-state index contributed by atoms with van der Waals surface area (Å²) in [6.07, 6.45) is 4.99. The number of hydrogen-bond acceptors (Lipinski definition) is 3. The van der Waals surface area contributed by atoms with Crippen molar-refractivity contribution in [2.45, 2.75) is 37.6 Å². The van der Waals surface area contributed by atoms with Crippen LogP contribution in [0.15, 0.2) is 0 Å². The lowest BCUT2D eigenvalue weighted by Gasteiger charge is -2.31. The van der Waals surface area contributed by atoms with Crippen LogP contribution in [0.25, 0.3) is 0 Å². The van der Waals surface area contributed by atoms with Crippen LogP contribution in [0.5, 0.6) is 0 Å². The Hall–Kier alpha value is -0.570. The van der Waals surface area contributed by atoms with E-state index in [0.717, 1.165) is 24.2 Å². The molecule has 3 heteroatoms. The molecule has 0 radical (unpaired) electrons. The molecule has 4 fully saturated rings. The highest BCUT2D eigenvalue weighted by molar-refractivity contribution is 5.38. The van der Waals surface area contributed by atoms with Crippen molar-refractivity contribution in [3.63, 3.8) is 0 Å². The van der Waals surface area contributed by atoms with E-state index in [0.29, 0.717) is 24.6 Å². The fourth-order valence-electron chi connectivity index (χ4n) is 4.47. The summed E-state index contributed by atoms with van der Waals surface area (Å²) in [5.41, 5.74) is 0. The maximum Gasteiger partial charge on any atom is 0.293 e. The normalized spacial score (nSPS) is 62.1. The van der Waals surface area contributed by atoms with Crippen molar-refractivity contribution in [3.05, 3.63) is 0 Å². The average Bonchev–Trinajstić information content (AvgIpc) is 2.61. The van der Waals surface area contributed by atoms with Crippen LogP contribution >= 0.6 is 0 Å². The molecular weight excluding hydrogens is 180 g/mol. The third-order valence-electron chi connectivity index (χ3n) is 4.92. The van der Waals surface area contributed by atoms with E-state index in [1.165, 1.54) is 12.8 Å². The average molecular weight is 194 g/mol. The third kappa shape index (κ3) is 0.761. The maximum absolute atomic E-state index is 10.4. The van der Waals surface area contributed by atoms with E-state index in [4.69, 9.17) is 9.47 Å². The lowest BCUT2D eigenvalue weighted by Crippen LogP contribution is -2.33. The minimum absolute atomic E-state index is 0.210. The molecule has 1 saturated heterocycles. The first-order valence-electron chi connectivity index (χ1n) is 5.63. The minimum atomic E-state index is 0.210. The largest absolute Gasteiger partial charge is 0.464 e. The van der Waals surface area contributed by atoms with E-state index in [2.05, 4.69) is 0 Å². The summed E-state index contributed by atoms with van der Waals surface area (Å²) in [7, 11) is 0. The first-order chi connectivity index (χ1) is 6.88. The van der Waals surface area contributed by atoms with E-state index in [9.17, 15) is 4.79 Å². The lowest BCUT2D eigenvalue weighted by molar-refractivity contribution is -0.137. The Labute approximate surface area is 82.8 Å². The Morgan fingerprint density at radius 1 is 1.21 bits per heavy atom. The van der Waals surface area contributed by atoms with Gasteiger partial charge in [0.25, 0.3) is 6.47 Å². The van der Waals surface area contributed by atoms with Gasteiger partial charge in [0, 0.05) is 5.92 Å². The fraction of sp³-hybridized carbons (Fsp3) is 0.909. The standard InChI is InChI=1S/C11H14O3/c12-4-13-8-2-5-1-7(8)10-6(5)3-9-11(10)14-9/h4-11H,1-3H2. The Balaban J connectivity index is 1.61. The van der Waals surface area contributed by atoms with Crippen molar-refractivity contribution in [2.24, 2.45) is 23.7 Å². The number of carbonyl (C=O) groups is 1. The lowest BCUT2D eigenvalue weighted by atomic mass is 9.79. The second-order valence-electron chi connectivity index (χ2n) is 5.28. The predicted octanol–water partition coefficient (Wildman–Crippen LogP) is 0.971. The summed E-state index contributed by atoms with van der Waals surface area (Å²) in [5, 5.41) is 0. The molecule has 4 aliphatic rings. The van der Waals surface area contributed by atoms with Crippen LogP contribution in [0.1, 0.15) is 19.3 Å². The van der Waals surface area contributed by atoms with Gasteiger partial charge < -0.3 is 9.47 Å². The molecule has 0 spiro atoms. The monoisotopic (exact) mass is 194 g/mol. The van der Waals surface area contributed by atoms with Crippen molar-refractivity contribution in [1.29, 1.82) is 0 Å². The number of epoxide rings is 1. The van der Waals surface area contributed by atoms with Gasteiger partial charge in [-0.3, -0.25) is 4.79 Å². The van der Waals surface area contributed by atoms with Gasteiger partial charge in [0.1, 0.15) is 6.10 Å². The smallest absolute Gasteiger partial charge is 0.293 e. The van der Waals surface area contributed by atoms with Gasteiger partial charge in [0.05, 0.1) is 12.2 Å². The Bertz CT molecular complexity index is 290. The molecule has 7 unspecified atom stereocenters. The van der Waals surface area contributed by atoms with E-state index in [-0.39, 0.29) is 6.10 Å². The molecule has 4 rings (SSSR count). The molecular formula is C11H14O3. The van der Waals surface area contributed by atoms with Crippen molar-refractivity contribution in [3.8, 4) is 0 Å². The molecule has 76 valence electrons. The Morgan fingerprint density at radius 3 is 3.00 bits per heavy atom. The molecule has 0 amide bonds. The Morgan fingerprint density at radius 2 is 2.14 bits per heavy atom. The van der Waals surface area contributed by atoms with Crippen molar-refractivity contribution in [1.82, 2.24) is 0 Å². The van der Waals surface area contributed by atoms with Crippen LogP contribution in [0, 0.1) is 23.7 Å². The first kappa shape index (κ1) is 7.69. The number of hydrogen-bond donors (Lipinski definition) is 0. The minimum Gasteiger partial charge on any atom is -0.464 e. The Kier molecular flexibility index (Phi) is 1.28. The molecule has 7 atom stereocenters. The van der Waals surface area contributed by atoms with Crippen LogP contribution in [0.3, 0.4) is 0 Å². The number of carbonyl (C=O) groups excluding carboxylic acids is 1. The topological polar surface area (TPSA) is 38.8 Å². The molecule has 1 heterocycles. The van der Waals surface area contributed by atoms with E-state index >= 15 is 0 Å². The highest BCUT2D eigenvalue weighted by Gasteiger charge is 2.67. The van der Waals surface area contributed by atoms with Crippen molar-refractivity contribution >= 4 is 6.47 Å². The summed E-state index contributed by atoms with van der Waals surface area (Å²) in [6, 6.07) is 0. The van der Waals surface area contributed by atoms with Gasteiger partial charge in [-0.15, -0.1) is 0 Å². The number of ether oxygens (including phenoxy) is 2.